The average Bonchev–Trinajstić information content (AvgIpc) is 3.02. The number of guanidine groups is 1. The molecule has 1 aromatic rings. The lowest BCUT2D eigenvalue weighted by Crippen LogP contribution is -2.51. The SMILES string of the molecule is CCN1CCN(C2=N[C@H](CC(=O)Nc3ccc(C(C)=O)cc3)C(=O)N2)CC1. The Kier molecular flexibility index (Phi) is 5.85. The third kappa shape index (κ3) is 4.71. The van der Waals surface area contributed by atoms with Gasteiger partial charge >= 0.3 is 0 Å². The third-order valence-electron chi connectivity index (χ3n) is 4.89. The largest absolute Gasteiger partial charge is 0.340 e. The Balaban J connectivity index is 1.55. The van der Waals surface area contributed by atoms with Crippen LogP contribution < -0.4 is 10.6 Å². The van der Waals surface area contributed by atoms with Crippen molar-refractivity contribution >= 4 is 29.2 Å². The van der Waals surface area contributed by atoms with E-state index in [1.54, 1.807) is 24.3 Å². The summed E-state index contributed by atoms with van der Waals surface area (Å²) >= 11 is 0. The Labute approximate surface area is 158 Å². The lowest BCUT2D eigenvalue weighted by Gasteiger charge is -2.34. The summed E-state index contributed by atoms with van der Waals surface area (Å²) in [5, 5.41) is 5.54. The molecule has 1 aromatic carbocycles. The maximum atomic E-state index is 12.3. The van der Waals surface area contributed by atoms with Crippen LogP contribution in [0.4, 0.5) is 5.69 Å². The summed E-state index contributed by atoms with van der Waals surface area (Å²) in [6, 6.07) is 5.95. The fraction of sp³-hybridized carbons (Fsp3) is 0.474. The van der Waals surface area contributed by atoms with E-state index in [1.165, 1.54) is 6.92 Å². The minimum absolute atomic E-state index is 0.0152. The number of nitrogens with zero attached hydrogens (tertiary/aromatic N) is 3. The van der Waals surface area contributed by atoms with Crippen molar-refractivity contribution in [3.8, 4) is 0 Å². The summed E-state index contributed by atoms with van der Waals surface area (Å²) < 4.78 is 0. The summed E-state index contributed by atoms with van der Waals surface area (Å²) in [6.45, 7) is 8.14. The van der Waals surface area contributed by atoms with Gasteiger partial charge in [0.15, 0.2) is 5.78 Å². The van der Waals surface area contributed by atoms with Gasteiger partial charge in [-0.15, -0.1) is 0 Å². The highest BCUT2D eigenvalue weighted by Gasteiger charge is 2.32. The van der Waals surface area contributed by atoms with Crippen LogP contribution in [0.3, 0.4) is 0 Å². The monoisotopic (exact) mass is 371 g/mol. The Hall–Kier alpha value is -2.74. The van der Waals surface area contributed by atoms with Crippen molar-refractivity contribution in [1.82, 2.24) is 15.1 Å². The highest BCUT2D eigenvalue weighted by molar-refractivity contribution is 6.07. The van der Waals surface area contributed by atoms with E-state index in [1.807, 2.05) is 0 Å². The molecule has 2 amide bonds. The van der Waals surface area contributed by atoms with Crippen molar-refractivity contribution in [2.45, 2.75) is 26.3 Å². The molecule has 0 bridgehead atoms. The highest BCUT2D eigenvalue weighted by atomic mass is 16.2. The van der Waals surface area contributed by atoms with E-state index in [9.17, 15) is 14.4 Å². The number of rotatable bonds is 5. The van der Waals surface area contributed by atoms with Crippen LogP contribution in [0.1, 0.15) is 30.6 Å². The zero-order valence-electron chi connectivity index (χ0n) is 15.7. The number of amides is 2. The normalized spacial score (nSPS) is 20.2. The van der Waals surface area contributed by atoms with Gasteiger partial charge in [0.25, 0.3) is 5.91 Å². The van der Waals surface area contributed by atoms with Crippen LogP contribution in [0.25, 0.3) is 0 Å². The van der Waals surface area contributed by atoms with Crippen LogP contribution in [0.15, 0.2) is 29.3 Å². The maximum Gasteiger partial charge on any atom is 0.252 e. The lowest BCUT2D eigenvalue weighted by atomic mass is 10.1. The second kappa shape index (κ2) is 8.30. The molecule has 8 nitrogen and oxygen atoms in total. The van der Waals surface area contributed by atoms with Gasteiger partial charge in [-0.1, -0.05) is 6.92 Å². The van der Waals surface area contributed by atoms with Crippen molar-refractivity contribution in [3.63, 3.8) is 0 Å². The summed E-state index contributed by atoms with van der Waals surface area (Å²) in [7, 11) is 0. The minimum Gasteiger partial charge on any atom is -0.340 e. The molecule has 0 saturated carbocycles. The molecule has 1 saturated heterocycles. The highest BCUT2D eigenvalue weighted by Crippen LogP contribution is 2.14. The average molecular weight is 371 g/mol. The number of carbonyl (C=O) groups excluding carboxylic acids is 3. The van der Waals surface area contributed by atoms with E-state index in [0.29, 0.717) is 17.2 Å². The van der Waals surface area contributed by atoms with Gasteiger partial charge < -0.3 is 15.1 Å². The number of nitrogens with one attached hydrogen (secondary N) is 2. The second-order valence-electron chi connectivity index (χ2n) is 6.76. The van der Waals surface area contributed by atoms with Crippen LogP contribution >= 0.6 is 0 Å². The molecule has 0 radical (unpaired) electrons. The number of piperazine rings is 1. The smallest absolute Gasteiger partial charge is 0.252 e. The molecule has 2 N–H and O–H groups in total. The van der Waals surface area contributed by atoms with E-state index in [2.05, 4.69) is 32.3 Å². The standard InChI is InChI=1S/C19H25N5O3/c1-3-23-8-10-24(11-9-23)19-21-16(18(27)22-19)12-17(26)20-15-6-4-14(5-7-15)13(2)25/h4-7,16H,3,8-12H2,1-2H3,(H,20,26)(H,21,22,27)/t16-/m1/s1. The van der Waals surface area contributed by atoms with Crippen LogP contribution in [-0.4, -0.2) is 72.1 Å². The van der Waals surface area contributed by atoms with Crippen molar-refractivity contribution in [2.75, 3.05) is 38.0 Å². The van der Waals surface area contributed by atoms with E-state index in [-0.39, 0.29) is 24.0 Å². The first-order valence-electron chi connectivity index (χ1n) is 9.23. The summed E-state index contributed by atoms with van der Waals surface area (Å²) in [5.74, 6) is 0.00744. The Morgan fingerprint density at radius 2 is 1.85 bits per heavy atom. The van der Waals surface area contributed by atoms with Gasteiger partial charge in [-0.3, -0.25) is 19.7 Å². The topological polar surface area (TPSA) is 94.1 Å². The van der Waals surface area contributed by atoms with E-state index < -0.39 is 6.04 Å². The lowest BCUT2D eigenvalue weighted by molar-refractivity contribution is -0.124. The first-order chi connectivity index (χ1) is 13.0. The predicted octanol–water partition coefficient (Wildman–Crippen LogP) is 0.710. The first-order valence-corrected chi connectivity index (χ1v) is 9.23. The Morgan fingerprint density at radius 1 is 1.19 bits per heavy atom. The number of hydrogen-bond donors (Lipinski definition) is 2. The van der Waals surface area contributed by atoms with Crippen molar-refractivity contribution < 1.29 is 14.4 Å². The van der Waals surface area contributed by atoms with Crippen molar-refractivity contribution in [3.05, 3.63) is 29.8 Å². The van der Waals surface area contributed by atoms with E-state index >= 15 is 0 Å². The van der Waals surface area contributed by atoms with Crippen molar-refractivity contribution in [1.29, 1.82) is 0 Å². The fourth-order valence-electron chi connectivity index (χ4n) is 3.18. The summed E-state index contributed by atoms with van der Waals surface area (Å²) in [5.41, 5.74) is 1.17. The van der Waals surface area contributed by atoms with Gasteiger partial charge in [-0.25, -0.2) is 4.99 Å². The van der Waals surface area contributed by atoms with E-state index in [0.717, 1.165) is 32.7 Å². The number of aliphatic imine (C=N–C) groups is 1. The first kappa shape index (κ1) is 19.0. The number of benzene rings is 1. The number of hydrogen-bond acceptors (Lipinski definition) is 6. The van der Waals surface area contributed by atoms with E-state index in [4.69, 9.17) is 0 Å². The molecule has 1 fully saturated rings. The van der Waals surface area contributed by atoms with Crippen molar-refractivity contribution in [2.24, 2.45) is 4.99 Å². The van der Waals surface area contributed by atoms with Gasteiger partial charge in [0.1, 0.15) is 6.04 Å². The molecule has 144 valence electrons. The summed E-state index contributed by atoms with van der Waals surface area (Å²) in [6.07, 6.45) is -0.0152. The fourth-order valence-corrected chi connectivity index (χ4v) is 3.18. The number of anilines is 1. The molecule has 0 unspecified atom stereocenters. The maximum absolute atomic E-state index is 12.3. The van der Waals surface area contributed by atoms with Gasteiger partial charge in [-0.05, 0) is 37.7 Å². The summed E-state index contributed by atoms with van der Waals surface area (Å²) in [4.78, 5) is 44.5. The third-order valence-corrected chi connectivity index (χ3v) is 4.89. The molecule has 8 heteroatoms. The molecule has 27 heavy (non-hydrogen) atoms. The minimum atomic E-state index is -0.708. The quantitative estimate of drug-likeness (QED) is 0.744. The van der Waals surface area contributed by atoms with Crippen LogP contribution in [-0.2, 0) is 9.59 Å². The molecule has 2 aliphatic rings. The zero-order chi connectivity index (χ0) is 19.4. The van der Waals surface area contributed by atoms with Gasteiger partial charge in [-0.2, -0.15) is 0 Å². The number of carbonyl (C=O) groups is 3. The van der Waals surface area contributed by atoms with Crippen LogP contribution in [0, 0.1) is 0 Å². The molecular formula is C19H25N5O3. The molecule has 2 heterocycles. The molecule has 0 aromatic heterocycles. The van der Waals surface area contributed by atoms with Gasteiger partial charge in [0.2, 0.25) is 11.9 Å². The predicted molar refractivity (Wildman–Crippen MR) is 103 cm³/mol. The molecule has 2 aliphatic heterocycles. The zero-order valence-corrected chi connectivity index (χ0v) is 15.7. The number of Topliss-reactive ketones (excluding diaryl/α,β-unsaturated/α-hetero) is 1. The Morgan fingerprint density at radius 3 is 2.44 bits per heavy atom. The second-order valence-corrected chi connectivity index (χ2v) is 6.76. The molecule has 3 rings (SSSR count). The van der Waals surface area contributed by atoms with Gasteiger partial charge in [0, 0.05) is 37.4 Å². The number of ketones is 1. The molecule has 0 spiro atoms. The number of likely N-dealkylation sites (N-methyl/N-ethyl adjacent to an activating group) is 1. The van der Waals surface area contributed by atoms with Crippen LogP contribution in [0.5, 0.6) is 0 Å². The van der Waals surface area contributed by atoms with Crippen LogP contribution in [0.2, 0.25) is 0 Å². The molecular weight excluding hydrogens is 346 g/mol. The van der Waals surface area contributed by atoms with Gasteiger partial charge in [0.05, 0.1) is 6.42 Å². The molecule has 1 atom stereocenters. The Bertz CT molecular complexity index is 751. The molecule has 0 aliphatic carbocycles.